The zero-order chi connectivity index (χ0) is 17.5. The molecule has 0 aromatic heterocycles. The number of hydrogen-bond donors (Lipinski definition) is 0. The average Bonchev–Trinajstić information content (AvgIpc) is 2.66. The fourth-order valence-electron chi connectivity index (χ4n) is 2.33. The molecular formula is C22H17ClO2. The highest BCUT2D eigenvalue weighted by Gasteiger charge is 2.02. The number of carbonyl (C=O) groups excluding carboxylic acids is 1. The molecule has 0 heterocycles. The first-order valence-electron chi connectivity index (χ1n) is 7.95. The fraction of sp³-hybridized carbons (Fsp3) is 0.0455. The second kappa shape index (κ2) is 8.32. The van der Waals surface area contributed by atoms with Gasteiger partial charge in [-0.05, 0) is 53.6 Å². The Morgan fingerprint density at radius 3 is 2.44 bits per heavy atom. The van der Waals surface area contributed by atoms with Gasteiger partial charge in [-0.1, -0.05) is 60.1 Å². The van der Waals surface area contributed by atoms with Crippen LogP contribution in [-0.4, -0.2) is 5.78 Å². The highest BCUT2D eigenvalue weighted by atomic mass is 35.5. The average molecular weight is 349 g/mol. The Morgan fingerprint density at radius 2 is 1.68 bits per heavy atom. The molecule has 2 nitrogen and oxygen atoms in total. The van der Waals surface area contributed by atoms with E-state index >= 15 is 0 Å². The molecule has 25 heavy (non-hydrogen) atoms. The van der Waals surface area contributed by atoms with Gasteiger partial charge in [0.25, 0.3) is 0 Å². The Labute approximate surface area is 152 Å². The van der Waals surface area contributed by atoms with Gasteiger partial charge in [-0.3, -0.25) is 4.79 Å². The Morgan fingerprint density at radius 1 is 0.920 bits per heavy atom. The van der Waals surface area contributed by atoms with Crippen molar-refractivity contribution in [2.45, 2.75) is 6.61 Å². The van der Waals surface area contributed by atoms with Gasteiger partial charge in [0.2, 0.25) is 0 Å². The van der Waals surface area contributed by atoms with Crippen LogP contribution in [0.4, 0.5) is 0 Å². The van der Waals surface area contributed by atoms with Gasteiger partial charge in [0.05, 0.1) is 0 Å². The molecule has 3 heteroatoms. The van der Waals surface area contributed by atoms with Crippen molar-refractivity contribution in [3.05, 3.63) is 107 Å². The molecule has 0 aliphatic heterocycles. The summed E-state index contributed by atoms with van der Waals surface area (Å²) < 4.78 is 5.80. The van der Waals surface area contributed by atoms with Gasteiger partial charge in [-0.15, -0.1) is 0 Å². The molecule has 0 atom stereocenters. The van der Waals surface area contributed by atoms with Crippen LogP contribution in [0.1, 0.15) is 21.5 Å². The lowest BCUT2D eigenvalue weighted by Gasteiger charge is -2.06. The zero-order valence-corrected chi connectivity index (χ0v) is 14.3. The number of ketones is 1. The molecule has 0 amide bonds. The summed E-state index contributed by atoms with van der Waals surface area (Å²) in [6, 6.07) is 24.5. The van der Waals surface area contributed by atoms with Crippen molar-refractivity contribution >= 4 is 23.5 Å². The molecule has 0 saturated carbocycles. The number of carbonyl (C=O) groups is 1. The predicted molar refractivity (Wildman–Crippen MR) is 102 cm³/mol. The van der Waals surface area contributed by atoms with Crippen LogP contribution < -0.4 is 4.74 Å². The van der Waals surface area contributed by atoms with E-state index in [1.165, 1.54) is 0 Å². The standard InChI is InChI=1S/C22H17ClO2/c23-20-12-10-19(11-13-20)22(24)14-9-17-7-4-8-21(15-17)25-16-18-5-2-1-3-6-18/h1-15H,16H2. The van der Waals surface area contributed by atoms with E-state index in [9.17, 15) is 4.79 Å². The van der Waals surface area contributed by atoms with E-state index in [4.69, 9.17) is 16.3 Å². The van der Waals surface area contributed by atoms with Crippen molar-refractivity contribution in [1.82, 2.24) is 0 Å². The lowest BCUT2D eigenvalue weighted by Crippen LogP contribution is -1.95. The van der Waals surface area contributed by atoms with Crippen LogP contribution in [0.15, 0.2) is 84.9 Å². The number of ether oxygens (including phenoxy) is 1. The van der Waals surface area contributed by atoms with E-state index in [1.807, 2.05) is 54.6 Å². The van der Waals surface area contributed by atoms with Gasteiger partial charge in [-0.2, -0.15) is 0 Å². The van der Waals surface area contributed by atoms with Crippen LogP contribution in [0, 0.1) is 0 Å². The summed E-state index contributed by atoms with van der Waals surface area (Å²) >= 11 is 5.84. The van der Waals surface area contributed by atoms with E-state index in [-0.39, 0.29) is 5.78 Å². The molecule has 3 rings (SSSR count). The van der Waals surface area contributed by atoms with Crippen molar-refractivity contribution in [1.29, 1.82) is 0 Å². The number of hydrogen-bond acceptors (Lipinski definition) is 2. The van der Waals surface area contributed by atoms with Gasteiger partial charge >= 0.3 is 0 Å². The number of benzene rings is 3. The molecular weight excluding hydrogens is 332 g/mol. The smallest absolute Gasteiger partial charge is 0.185 e. The molecule has 3 aromatic carbocycles. The van der Waals surface area contributed by atoms with Crippen molar-refractivity contribution in [2.24, 2.45) is 0 Å². The van der Waals surface area contributed by atoms with Crippen molar-refractivity contribution in [2.75, 3.05) is 0 Å². The predicted octanol–water partition coefficient (Wildman–Crippen LogP) is 5.82. The van der Waals surface area contributed by atoms with Crippen LogP contribution in [0.2, 0.25) is 5.02 Å². The van der Waals surface area contributed by atoms with Gasteiger partial charge in [0.1, 0.15) is 12.4 Å². The molecule has 0 aliphatic rings. The highest BCUT2D eigenvalue weighted by molar-refractivity contribution is 6.30. The monoisotopic (exact) mass is 348 g/mol. The van der Waals surface area contributed by atoms with Gasteiger partial charge in [0, 0.05) is 10.6 Å². The molecule has 0 spiro atoms. The summed E-state index contributed by atoms with van der Waals surface area (Å²) in [7, 11) is 0. The molecule has 124 valence electrons. The molecule has 0 radical (unpaired) electrons. The maximum absolute atomic E-state index is 12.2. The third-order valence-electron chi connectivity index (χ3n) is 3.66. The fourth-order valence-corrected chi connectivity index (χ4v) is 2.46. The van der Waals surface area contributed by atoms with E-state index in [1.54, 1.807) is 36.4 Å². The minimum Gasteiger partial charge on any atom is -0.489 e. The molecule has 0 aliphatic carbocycles. The van der Waals surface area contributed by atoms with Crippen molar-refractivity contribution in [3.8, 4) is 5.75 Å². The number of rotatable bonds is 6. The molecule has 0 fully saturated rings. The first-order chi connectivity index (χ1) is 12.2. The van der Waals surface area contributed by atoms with Crippen molar-refractivity contribution in [3.63, 3.8) is 0 Å². The second-order valence-electron chi connectivity index (χ2n) is 5.55. The Bertz CT molecular complexity index is 868. The summed E-state index contributed by atoms with van der Waals surface area (Å²) in [5, 5.41) is 0.615. The molecule has 0 saturated heterocycles. The summed E-state index contributed by atoms with van der Waals surface area (Å²) in [6.45, 7) is 0.512. The minimum absolute atomic E-state index is 0.0627. The van der Waals surface area contributed by atoms with Crippen LogP contribution in [-0.2, 0) is 6.61 Å². The van der Waals surface area contributed by atoms with Crippen LogP contribution in [0.5, 0.6) is 5.75 Å². The summed E-state index contributed by atoms with van der Waals surface area (Å²) in [5.41, 5.74) is 2.63. The molecule has 0 unspecified atom stereocenters. The first kappa shape index (κ1) is 17.0. The van der Waals surface area contributed by atoms with E-state index < -0.39 is 0 Å². The van der Waals surface area contributed by atoms with Gasteiger partial charge in [0.15, 0.2) is 5.78 Å². The largest absolute Gasteiger partial charge is 0.489 e. The third kappa shape index (κ3) is 5.07. The third-order valence-corrected chi connectivity index (χ3v) is 3.91. The van der Waals surface area contributed by atoms with Gasteiger partial charge < -0.3 is 4.74 Å². The minimum atomic E-state index is -0.0627. The van der Waals surface area contributed by atoms with Crippen LogP contribution in [0.3, 0.4) is 0 Å². The lowest BCUT2D eigenvalue weighted by atomic mass is 10.1. The Kier molecular flexibility index (Phi) is 5.65. The quantitative estimate of drug-likeness (QED) is 0.414. The number of halogens is 1. The second-order valence-corrected chi connectivity index (χ2v) is 5.99. The first-order valence-corrected chi connectivity index (χ1v) is 8.33. The van der Waals surface area contributed by atoms with Crippen LogP contribution >= 0.6 is 11.6 Å². The van der Waals surface area contributed by atoms with Gasteiger partial charge in [-0.25, -0.2) is 0 Å². The SMILES string of the molecule is O=C(C=Cc1cccc(OCc2ccccc2)c1)c1ccc(Cl)cc1. The Hall–Kier alpha value is -2.84. The highest BCUT2D eigenvalue weighted by Crippen LogP contribution is 2.17. The Balaban J connectivity index is 1.64. The topological polar surface area (TPSA) is 26.3 Å². The maximum Gasteiger partial charge on any atom is 0.185 e. The summed E-state index contributed by atoms with van der Waals surface area (Å²) in [4.78, 5) is 12.2. The van der Waals surface area contributed by atoms with Crippen molar-refractivity contribution < 1.29 is 9.53 Å². The van der Waals surface area contributed by atoms with E-state index in [2.05, 4.69) is 0 Å². The molecule has 3 aromatic rings. The van der Waals surface area contributed by atoms with E-state index in [0.29, 0.717) is 17.2 Å². The van der Waals surface area contributed by atoms with E-state index in [0.717, 1.165) is 16.9 Å². The molecule has 0 bridgehead atoms. The zero-order valence-electron chi connectivity index (χ0n) is 13.6. The lowest BCUT2D eigenvalue weighted by molar-refractivity contribution is 0.104. The molecule has 0 N–H and O–H groups in total. The maximum atomic E-state index is 12.2. The summed E-state index contributed by atoms with van der Waals surface area (Å²) in [5.74, 6) is 0.706. The summed E-state index contributed by atoms with van der Waals surface area (Å²) in [6.07, 6.45) is 3.34. The number of allylic oxidation sites excluding steroid dienone is 1. The normalized spacial score (nSPS) is 10.8. The van der Waals surface area contributed by atoms with Crippen LogP contribution in [0.25, 0.3) is 6.08 Å².